The first-order valence-electron chi connectivity index (χ1n) is 3.71. The lowest BCUT2D eigenvalue weighted by Crippen LogP contribution is -2.11. The molecule has 0 bridgehead atoms. The maximum Gasteiger partial charge on any atom is 0.0713 e. The van der Waals surface area contributed by atoms with E-state index in [1.165, 1.54) is 0 Å². The molecule has 0 radical (unpaired) electrons. The van der Waals surface area contributed by atoms with Gasteiger partial charge in [0.2, 0.25) is 0 Å². The van der Waals surface area contributed by atoms with Gasteiger partial charge in [0.1, 0.15) is 0 Å². The molecular formula is C8H10BrClN2. The van der Waals surface area contributed by atoms with Gasteiger partial charge in [0.25, 0.3) is 0 Å². The summed E-state index contributed by atoms with van der Waals surface area (Å²) in [6.45, 7) is 2.02. The summed E-state index contributed by atoms with van der Waals surface area (Å²) in [6.07, 6.45) is 2.48. The molecule has 0 amide bonds. The first-order chi connectivity index (χ1) is 5.65. The second-order valence-corrected chi connectivity index (χ2v) is 3.83. The fraction of sp³-hybridized carbons (Fsp3) is 0.375. The van der Waals surface area contributed by atoms with Crippen molar-refractivity contribution in [2.45, 2.75) is 19.4 Å². The van der Waals surface area contributed by atoms with Gasteiger partial charge in [-0.2, -0.15) is 0 Å². The second kappa shape index (κ2) is 4.21. The molecule has 1 atom stereocenters. The topological polar surface area (TPSA) is 38.9 Å². The summed E-state index contributed by atoms with van der Waals surface area (Å²) in [5, 5.41) is 0.619. The summed E-state index contributed by atoms with van der Waals surface area (Å²) < 4.78 is 0.879. The Morgan fingerprint density at radius 2 is 2.42 bits per heavy atom. The molecule has 1 rings (SSSR count). The largest absolute Gasteiger partial charge is 0.323 e. The van der Waals surface area contributed by atoms with Crippen LogP contribution in [0.4, 0.5) is 0 Å². The molecule has 0 fully saturated rings. The van der Waals surface area contributed by atoms with Crippen molar-refractivity contribution in [1.29, 1.82) is 0 Å². The van der Waals surface area contributed by atoms with Crippen LogP contribution >= 0.6 is 27.5 Å². The molecule has 2 N–H and O–H groups in total. The average Bonchev–Trinajstić information content (AvgIpc) is 2.03. The molecule has 0 aromatic carbocycles. The highest BCUT2D eigenvalue weighted by Gasteiger charge is 2.09. The third kappa shape index (κ3) is 2.19. The minimum Gasteiger partial charge on any atom is -0.323 e. The van der Waals surface area contributed by atoms with Crippen molar-refractivity contribution < 1.29 is 0 Å². The lowest BCUT2D eigenvalue weighted by Gasteiger charge is -2.09. The summed E-state index contributed by atoms with van der Waals surface area (Å²) in [4.78, 5) is 4.14. The van der Waals surface area contributed by atoms with E-state index in [9.17, 15) is 0 Å². The molecule has 0 aliphatic heterocycles. The fourth-order valence-corrected chi connectivity index (χ4v) is 1.82. The van der Waals surface area contributed by atoms with Crippen LogP contribution in [0.1, 0.15) is 25.1 Å². The van der Waals surface area contributed by atoms with E-state index in [1.54, 1.807) is 12.3 Å². The molecular weight excluding hydrogens is 239 g/mol. The van der Waals surface area contributed by atoms with Crippen molar-refractivity contribution in [2.24, 2.45) is 5.73 Å². The highest BCUT2D eigenvalue weighted by atomic mass is 79.9. The number of aromatic nitrogens is 1. The van der Waals surface area contributed by atoms with Gasteiger partial charge >= 0.3 is 0 Å². The van der Waals surface area contributed by atoms with Gasteiger partial charge in [0, 0.05) is 16.7 Å². The Balaban J connectivity index is 3.01. The predicted octanol–water partition coefficient (Wildman–Crippen LogP) is 2.91. The minimum absolute atomic E-state index is 0.0170. The maximum atomic E-state index is 5.81. The number of rotatable bonds is 2. The molecule has 1 aromatic rings. The Morgan fingerprint density at radius 1 is 1.75 bits per heavy atom. The van der Waals surface area contributed by atoms with Crippen molar-refractivity contribution in [1.82, 2.24) is 4.98 Å². The van der Waals surface area contributed by atoms with Crippen LogP contribution in [0.5, 0.6) is 0 Å². The van der Waals surface area contributed by atoms with E-state index in [1.807, 2.05) is 6.92 Å². The van der Waals surface area contributed by atoms with Gasteiger partial charge < -0.3 is 5.73 Å². The van der Waals surface area contributed by atoms with Crippen LogP contribution in [0, 0.1) is 0 Å². The summed E-state index contributed by atoms with van der Waals surface area (Å²) in [7, 11) is 0. The first kappa shape index (κ1) is 9.96. The SMILES string of the molecule is CCC(N)c1ncc(Cl)cc1Br. The van der Waals surface area contributed by atoms with Crippen molar-refractivity contribution in [2.75, 3.05) is 0 Å². The van der Waals surface area contributed by atoms with Crippen LogP contribution in [-0.4, -0.2) is 4.98 Å². The molecule has 0 saturated carbocycles. The lowest BCUT2D eigenvalue weighted by molar-refractivity contribution is 0.672. The van der Waals surface area contributed by atoms with Crippen LogP contribution in [0.15, 0.2) is 16.7 Å². The third-order valence-electron chi connectivity index (χ3n) is 1.63. The molecule has 2 nitrogen and oxygen atoms in total. The number of nitrogens with zero attached hydrogens (tertiary/aromatic N) is 1. The summed E-state index contributed by atoms with van der Waals surface area (Å²) >= 11 is 9.09. The van der Waals surface area contributed by atoms with Gasteiger partial charge in [-0.05, 0) is 28.4 Å². The summed E-state index contributed by atoms with van der Waals surface area (Å²) in [6, 6.07) is 1.79. The zero-order valence-electron chi connectivity index (χ0n) is 6.72. The molecule has 66 valence electrons. The van der Waals surface area contributed by atoms with Crippen molar-refractivity contribution in [3.05, 3.63) is 27.5 Å². The van der Waals surface area contributed by atoms with Crippen LogP contribution in [0.25, 0.3) is 0 Å². The molecule has 12 heavy (non-hydrogen) atoms. The summed E-state index contributed by atoms with van der Waals surface area (Å²) in [5.74, 6) is 0. The van der Waals surface area contributed by atoms with E-state index in [0.29, 0.717) is 5.02 Å². The molecule has 1 heterocycles. The van der Waals surface area contributed by atoms with Crippen LogP contribution < -0.4 is 5.73 Å². The van der Waals surface area contributed by atoms with E-state index in [-0.39, 0.29) is 6.04 Å². The standard InChI is InChI=1S/C8H10BrClN2/c1-2-7(11)8-6(9)3-5(10)4-12-8/h3-4,7H,2,11H2,1H3. The summed E-state index contributed by atoms with van der Waals surface area (Å²) in [5.41, 5.74) is 6.67. The Hall–Kier alpha value is -0.120. The molecule has 4 heteroatoms. The third-order valence-corrected chi connectivity index (χ3v) is 2.47. The lowest BCUT2D eigenvalue weighted by atomic mass is 10.1. The average molecular weight is 250 g/mol. The van der Waals surface area contributed by atoms with Gasteiger partial charge in [-0.3, -0.25) is 4.98 Å². The quantitative estimate of drug-likeness (QED) is 0.875. The smallest absolute Gasteiger partial charge is 0.0713 e. The van der Waals surface area contributed by atoms with E-state index in [0.717, 1.165) is 16.6 Å². The zero-order valence-corrected chi connectivity index (χ0v) is 9.06. The molecule has 1 unspecified atom stereocenters. The number of halogens is 2. The van der Waals surface area contributed by atoms with Crippen molar-refractivity contribution >= 4 is 27.5 Å². The highest BCUT2D eigenvalue weighted by Crippen LogP contribution is 2.24. The van der Waals surface area contributed by atoms with Gasteiger partial charge in [-0.1, -0.05) is 18.5 Å². The number of pyridine rings is 1. The molecule has 0 aliphatic rings. The monoisotopic (exact) mass is 248 g/mol. The Morgan fingerprint density at radius 3 is 2.92 bits per heavy atom. The van der Waals surface area contributed by atoms with E-state index < -0.39 is 0 Å². The van der Waals surface area contributed by atoms with E-state index in [4.69, 9.17) is 17.3 Å². The normalized spacial score (nSPS) is 13.0. The zero-order chi connectivity index (χ0) is 9.14. The van der Waals surface area contributed by atoms with E-state index >= 15 is 0 Å². The van der Waals surface area contributed by atoms with Crippen molar-refractivity contribution in [3.63, 3.8) is 0 Å². The maximum absolute atomic E-state index is 5.81. The molecule has 1 aromatic heterocycles. The van der Waals surface area contributed by atoms with Crippen molar-refractivity contribution in [3.8, 4) is 0 Å². The van der Waals surface area contributed by atoms with Gasteiger partial charge in [-0.15, -0.1) is 0 Å². The van der Waals surface area contributed by atoms with Crippen LogP contribution in [0.3, 0.4) is 0 Å². The van der Waals surface area contributed by atoms with Crippen LogP contribution in [-0.2, 0) is 0 Å². The first-order valence-corrected chi connectivity index (χ1v) is 4.88. The number of hydrogen-bond donors (Lipinski definition) is 1. The Kier molecular flexibility index (Phi) is 3.50. The van der Waals surface area contributed by atoms with E-state index in [2.05, 4.69) is 20.9 Å². The second-order valence-electron chi connectivity index (χ2n) is 2.54. The molecule has 0 aliphatic carbocycles. The number of hydrogen-bond acceptors (Lipinski definition) is 2. The highest BCUT2D eigenvalue weighted by molar-refractivity contribution is 9.10. The Bertz CT molecular complexity index is 278. The van der Waals surface area contributed by atoms with Gasteiger partial charge in [0.15, 0.2) is 0 Å². The molecule has 0 spiro atoms. The van der Waals surface area contributed by atoms with Gasteiger partial charge in [-0.25, -0.2) is 0 Å². The fourth-order valence-electron chi connectivity index (χ4n) is 0.891. The Labute approximate surface area is 85.3 Å². The predicted molar refractivity (Wildman–Crippen MR) is 54.2 cm³/mol. The van der Waals surface area contributed by atoms with Crippen LogP contribution in [0.2, 0.25) is 5.02 Å². The number of nitrogens with two attached hydrogens (primary N) is 1. The van der Waals surface area contributed by atoms with Gasteiger partial charge in [0.05, 0.1) is 10.7 Å². The molecule has 0 saturated heterocycles. The minimum atomic E-state index is -0.0170.